The number of aliphatic imine (C=N–C) groups is 1. The lowest BCUT2D eigenvalue weighted by Crippen LogP contribution is -2.36. The molecule has 1 aromatic heterocycles. The Hall–Kier alpha value is -2.55. The number of ether oxygens (including phenoxy) is 1. The summed E-state index contributed by atoms with van der Waals surface area (Å²) in [4.78, 5) is 4.35. The predicted octanol–water partition coefficient (Wildman–Crippen LogP) is 4.43. The van der Waals surface area contributed by atoms with Crippen molar-refractivity contribution in [1.82, 2.24) is 20.4 Å². The molecular weight excluding hydrogens is 501 g/mol. The molecule has 3 rings (SSSR count). The zero-order valence-corrected chi connectivity index (χ0v) is 21.0. The van der Waals surface area contributed by atoms with Crippen molar-refractivity contribution in [3.05, 3.63) is 82.7 Å². The van der Waals surface area contributed by atoms with Crippen LogP contribution in [0.3, 0.4) is 0 Å². The number of nitrogens with zero attached hydrogens (tertiary/aromatic N) is 3. The summed E-state index contributed by atoms with van der Waals surface area (Å²) in [5.74, 6) is 1.65. The molecular formula is C24H32IN5O. The monoisotopic (exact) mass is 533 g/mol. The van der Waals surface area contributed by atoms with Crippen molar-refractivity contribution in [1.29, 1.82) is 0 Å². The number of aryl methyl sites for hydroxylation is 1. The van der Waals surface area contributed by atoms with Crippen LogP contribution in [0.4, 0.5) is 0 Å². The van der Waals surface area contributed by atoms with Crippen molar-refractivity contribution >= 4 is 29.9 Å². The van der Waals surface area contributed by atoms with Gasteiger partial charge in [-0.25, -0.2) is 0 Å². The highest BCUT2D eigenvalue weighted by Crippen LogP contribution is 2.18. The molecule has 0 saturated heterocycles. The van der Waals surface area contributed by atoms with Crippen LogP contribution in [0.2, 0.25) is 0 Å². The Kier molecular flexibility index (Phi) is 9.84. The molecule has 7 heteroatoms. The topological polar surface area (TPSA) is 63.5 Å². The van der Waals surface area contributed by atoms with Crippen molar-refractivity contribution in [2.75, 3.05) is 13.7 Å². The van der Waals surface area contributed by atoms with E-state index in [2.05, 4.69) is 64.5 Å². The molecule has 0 aliphatic rings. The summed E-state index contributed by atoms with van der Waals surface area (Å²) in [6.07, 6.45) is 0. The fourth-order valence-electron chi connectivity index (χ4n) is 3.42. The van der Waals surface area contributed by atoms with Crippen LogP contribution in [-0.4, -0.2) is 29.4 Å². The number of hydrogen-bond acceptors (Lipinski definition) is 3. The predicted molar refractivity (Wildman–Crippen MR) is 137 cm³/mol. The highest BCUT2D eigenvalue weighted by molar-refractivity contribution is 14.0. The Morgan fingerprint density at radius 3 is 2.39 bits per heavy atom. The highest BCUT2D eigenvalue weighted by atomic mass is 127. The molecule has 6 nitrogen and oxygen atoms in total. The SMILES string of the molecule is CCOc1ccccc1CNC(=NC)NCc1c(C)nn(Cc2ccccc2)c1C.I. The molecule has 2 aromatic carbocycles. The molecule has 0 fully saturated rings. The van der Waals surface area contributed by atoms with E-state index in [1.54, 1.807) is 7.05 Å². The second-order valence-corrected chi connectivity index (χ2v) is 7.11. The van der Waals surface area contributed by atoms with Crippen LogP contribution in [0.15, 0.2) is 59.6 Å². The third kappa shape index (κ3) is 6.72. The minimum atomic E-state index is 0. The Bertz CT molecular complexity index is 985. The van der Waals surface area contributed by atoms with Crippen LogP contribution >= 0.6 is 24.0 Å². The first-order valence-electron chi connectivity index (χ1n) is 10.3. The maximum absolute atomic E-state index is 5.70. The minimum Gasteiger partial charge on any atom is -0.494 e. The van der Waals surface area contributed by atoms with E-state index in [1.165, 1.54) is 16.8 Å². The smallest absolute Gasteiger partial charge is 0.191 e. The van der Waals surface area contributed by atoms with E-state index in [-0.39, 0.29) is 24.0 Å². The summed E-state index contributed by atoms with van der Waals surface area (Å²) < 4.78 is 7.77. The second-order valence-electron chi connectivity index (χ2n) is 7.11. The lowest BCUT2D eigenvalue weighted by Gasteiger charge is -2.14. The van der Waals surface area contributed by atoms with Crippen molar-refractivity contribution in [2.45, 2.75) is 40.4 Å². The van der Waals surface area contributed by atoms with Crippen molar-refractivity contribution in [3.63, 3.8) is 0 Å². The van der Waals surface area contributed by atoms with Crippen LogP contribution in [0.5, 0.6) is 5.75 Å². The fraction of sp³-hybridized carbons (Fsp3) is 0.333. The lowest BCUT2D eigenvalue weighted by atomic mass is 10.2. The molecule has 0 radical (unpaired) electrons. The quantitative estimate of drug-likeness (QED) is 0.256. The largest absolute Gasteiger partial charge is 0.494 e. The van der Waals surface area contributed by atoms with E-state index >= 15 is 0 Å². The van der Waals surface area contributed by atoms with Gasteiger partial charge in [0.2, 0.25) is 0 Å². The fourth-order valence-corrected chi connectivity index (χ4v) is 3.42. The molecule has 0 aliphatic heterocycles. The molecule has 3 aromatic rings. The van der Waals surface area contributed by atoms with Gasteiger partial charge in [-0.05, 0) is 32.4 Å². The summed E-state index contributed by atoms with van der Waals surface area (Å²) in [7, 11) is 1.78. The van der Waals surface area contributed by atoms with Gasteiger partial charge in [-0.15, -0.1) is 24.0 Å². The standard InChI is InChI=1S/C24H31N5O.HI/c1-5-30-23-14-10-9-13-21(23)15-26-24(25-4)27-16-22-18(2)28-29(19(22)3)17-20-11-7-6-8-12-20;/h6-14H,5,15-17H2,1-4H3,(H2,25,26,27);1H. The molecule has 0 unspecified atom stereocenters. The van der Waals surface area contributed by atoms with E-state index in [0.717, 1.165) is 29.5 Å². The van der Waals surface area contributed by atoms with E-state index < -0.39 is 0 Å². The molecule has 2 N–H and O–H groups in total. The summed E-state index contributed by atoms with van der Waals surface area (Å²) in [6, 6.07) is 18.5. The molecule has 0 amide bonds. The Morgan fingerprint density at radius 1 is 1.00 bits per heavy atom. The molecule has 31 heavy (non-hydrogen) atoms. The molecule has 0 saturated carbocycles. The molecule has 0 spiro atoms. The third-order valence-corrected chi connectivity index (χ3v) is 5.08. The van der Waals surface area contributed by atoms with Gasteiger partial charge in [0, 0.05) is 37.0 Å². The summed E-state index contributed by atoms with van der Waals surface area (Å²) in [6.45, 7) is 8.90. The van der Waals surface area contributed by atoms with Gasteiger partial charge in [-0.2, -0.15) is 5.10 Å². The van der Waals surface area contributed by atoms with Gasteiger partial charge in [0.05, 0.1) is 18.8 Å². The number of rotatable bonds is 8. The molecule has 0 bridgehead atoms. The maximum Gasteiger partial charge on any atom is 0.191 e. The maximum atomic E-state index is 5.70. The Morgan fingerprint density at radius 2 is 1.68 bits per heavy atom. The number of halogens is 1. The zero-order valence-electron chi connectivity index (χ0n) is 18.7. The number of aromatic nitrogens is 2. The number of hydrogen-bond donors (Lipinski definition) is 2. The summed E-state index contributed by atoms with van der Waals surface area (Å²) in [5, 5.41) is 11.5. The van der Waals surface area contributed by atoms with Gasteiger partial charge in [0.1, 0.15) is 5.75 Å². The lowest BCUT2D eigenvalue weighted by molar-refractivity contribution is 0.336. The zero-order chi connectivity index (χ0) is 21.3. The first kappa shape index (κ1) is 24.7. The van der Waals surface area contributed by atoms with E-state index in [1.807, 2.05) is 31.2 Å². The molecule has 1 heterocycles. The highest BCUT2D eigenvalue weighted by Gasteiger charge is 2.12. The molecule has 0 atom stereocenters. The number of nitrogens with one attached hydrogen (secondary N) is 2. The van der Waals surface area contributed by atoms with Gasteiger partial charge in [0.15, 0.2) is 5.96 Å². The van der Waals surface area contributed by atoms with Gasteiger partial charge < -0.3 is 15.4 Å². The Labute approximate surface area is 202 Å². The number of guanidine groups is 1. The van der Waals surface area contributed by atoms with Gasteiger partial charge in [-0.3, -0.25) is 9.67 Å². The first-order chi connectivity index (χ1) is 14.6. The summed E-state index contributed by atoms with van der Waals surface area (Å²) >= 11 is 0. The Balaban J connectivity index is 0.00000341. The van der Waals surface area contributed by atoms with Crippen LogP contribution in [-0.2, 0) is 19.6 Å². The van der Waals surface area contributed by atoms with Crippen LogP contribution < -0.4 is 15.4 Å². The average molecular weight is 533 g/mol. The number of benzene rings is 2. The van der Waals surface area contributed by atoms with E-state index in [4.69, 9.17) is 9.84 Å². The van der Waals surface area contributed by atoms with Gasteiger partial charge >= 0.3 is 0 Å². The van der Waals surface area contributed by atoms with Crippen LogP contribution in [0.25, 0.3) is 0 Å². The number of para-hydroxylation sites is 1. The second kappa shape index (κ2) is 12.3. The normalized spacial score (nSPS) is 11.0. The van der Waals surface area contributed by atoms with Crippen molar-refractivity contribution in [2.24, 2.45) is 4.99 Å². The minimum absolute atomic E-state index is 0. The first-order valence-corrected chi connectivity index (χ1v) is 10.3. The van der Waals surface area contributed by atoms with Crippen molar-refractivity contribution in [3.8, 4) is 5.75 Å². The van der Waals surface area contributed by atoms with Crippen LogP contribution in [0.1, 0.15) is 35.0 Å². The van der Waals surface area contributed by atoms with E-state index in [0.29, 0.717) is 19.7 Å². The van der Waals surface area contributed by atoms with Crippen molar-refractivity contribution < 1.29 is 4.74 Å². The summed E-state index contributed by atoms with van der Waals surface area (Å²) in [5.41, 5.74) is 5.75. The van der Waals surface area contributed by atoms with Gasteiger partial charge in [0.25, 0.3) is 0 Å². The molecule has 166 valence electrons. The average Bonchev–Trinajstić information content (AvgIpc) is 3.03. The molecule has 0 aliphatic carbocycles. The third-order valence-electron chi connectivity index (χ3n) is 5.08. The van der Waals surface area contributed by atoms with Crippen LogP contribution in [0, 0.1) is 13.8 Å². The van der Waals surface area contributed by atoms with Gasteiger partial charge in [-0.1, -0.05) is 48.5 Å². The van der Waals surface area contributed by atoms with E-state index in [9.17, 15) is 0 Å².